The summed E-state index contributed by atoms with van der Waals surface area (Å²) in [7, 11) is 1.73. The molecule has 1 aliphatic carbocycles. The molecule has 0 unspecified atom stereocenters. The number of carbonyl (C=O) groups excluding carboxylic acids is 1. The largest absolute Gasteiger partial charge is 0.455 e. The second-order valence-corrected chi connectivity index (χ2v) is 7.12. The van der Waals surface area contributed by atoms with Crippen LogP contribution >= 0.6 is 0 Å². The van der Waals surface area contributed by atoms with E-state index in [1.165, 1.54) is 0 Å². The summed E-state index contributed by atoms with van der Waals surface area (Å²) in [4.78, 5) is 14.4. The van der Waals surface area contributed by atoms with Gasteiger partial charge in [-0.25, -0.2) is 0 Å². The Morgan fingerprint density at radius 3 is 2.54 bits per heavy atom. The molecule has 0 spiro atoms. The van der Waals surface area contributed by atoms with Crippen LogP contribution < -0.4 is 4.90 Å². The molecule has 0 aliphatic heterocycles. The zero-order valence-electron chi connectivity index (χ0n) is 14.5. The number of rotatable bonds is 2. The van der Waals surface area contributed by atoms with Gasteiger partial charge in [0.25, 0.3) is 5.91 Å². The van der Waals surface area contributed by atoms with E-state index >= 15 is 0 Å². The third kappa shape index (κ3) is 2.70. The van der Waals surface area contributed by atoms with Crippen LogP contribution in [0.5, 0.6) is 0 Å². The summed E-state index contributed by atoms with van der Waals surface area (Å²) in [6.07, 6.45) is 1.36. The molecule has 1 amide bonds. The zero-order valence-corrected chi connectivity index (χ0v) is 14.5. The molecule has 24 heavy (non-hydrogen) atoms. The van der Waals surface area contributed by atoms with Crippen molar-refractivity contribution < 1.29 is 14.4 Å². The van der Waals surface area contributed by atoms with Crippen molar-refractivity contribution in [3.8, 4) is 0 Å². The SMILES string of the molecule is Cc1c(C(=O)N(C)c2ccccc2)oc2c1/C(=N\O)CC(C)(C)C2. The highest BCUT2D eigenvalue weighted by Gasteiger charge is 2.36. The van der Waals surface area contributed by atoms with Gasteiger partial charge in [-0.1, -0.05) is 37.2 Å². The molecule has 1 aromatic heterocycles. The Balaban J connectivity index is 2.02. The molecule has 0 saturated carbocycles. The lowest BCUT2D eigenvalue weighted by atomic mass is 9.75. The number of anilines is 1. The van der Waals surface area contributed by atoms with Gasteiger partial charge in [0.15, 0.2) is 5.76 Å². The second kappa shape index (κ2) is 5.82. The van der Waals surface area contributed by atoms with Gasteiger partial charge in [0.05, 0.1) is 5.71 Å². The van der Waals surface area contributed by atoms with Crippen LogP contribution in [0.3, 0.4) is 0 Å². The van der Waals surface area contributed by atoms with Crippen molar-refractivity contribution in [1.82, 2.24) is 0 Å². The molecule has 3 rings (SSSR count). The number of fused-ring (bicyclic) bond motifs is 1. The molecule has 0 atom stereocenters. The van der Waals surface area contributed by atoms with Crippen LogP contribution in [0.25, 0.3) is 0 Å². The van der Waals surface area contributed by atoms with Gasteiger partial charge in [-0.3, -0.25) is 4.79 Å². The molecule has 2 aromatic rings. The maximum atomic E-state index is 12.9. The van der Waals surface area contributed by atoms with E-state index in [-0.39, 0.29) is 11.3 Å². The van der Waals surface area contributed by atoms with Gasteiger partial charge in [-0.05, 0) is 30.9 Å². The highest BCUT2D eigenvalue weighted by molar-refractivity contribution is 6.09. The Morgan fingerprint density at radius 1 is 1.25 bits per heavy atom. The Morgan fingerprint density at radius 2 is 1.92 bits per heavy atom. The van der Waals surface area contributed by atoms with Crippen LogP contribution in [0.15, 0.2) is 39.9 Å². The molecule has 0 saturated heterocycles. The summed E-state index contributed by atoms with van der Waals surface area (Å²) in [5.41, 5.74) is 2.84. The van der Waals surface area contributed by atoms with Crippen molar-refractivity contribution in [2.75, 3.05) is 11.9 Å². The van der Waals surface area contributed by atoms with Crippen LogP contribution in [0, 0.1) is 12.3 Å². The molecule has 5 nitrogen and oxygen atoms in total. The van der Waals surface area contributed by atoms with Crippen LogP contribution in [0.2, 0.25) is 0 Å². The lowest BCUT2D eigenvalue weighted by Gasteiger charge is -2.28. The predicted molar refractivity (Wildman–Crippen MR) is 93.0 cm³/mol. The van der Waals surface area contributed by atoms with Crippen molar-refractivity contribution in [2.45, 2.75) is 33.6 Å². The average Bonchev–Trinajstić information content (AvgIpc) is 2.88. The van der Waals surface area contributed by atoms with Gasteiger partial charge < -0.3 is 14.5 Å². The minimum atomic E-state index is -0.205. The Bertz CT molecular complexity index is 804. The fourth-order valence-electron chi connectivity index (χ4n) is 3.32. The molecule has 0 fully saturated rings. The first-order chi connectivity index (χ1) is 11.3. The maximum Gasteiger partial charge on any atom is 0.294 e. The van der Waals surface area contributed by atoms with E-state index in [2.05, 4.69) is 19.0 Å². The molecule has 0 radical (unpaired) electrons. The van der Waals surface area contributed by atoms with E-state index in [4.69, 9.17) is 4.42 Å². The van der Waals surface area contributed by atoms with E-state index in [1.807, 2.05) is 37.3 Å². The number of amides is 1. The fourth-order valence-corrected chi connectivity index (χ4v) is 3.32. The van der Waals surface area contributed by atoms with Crippen molar-refractivity contribution in [1.29, 1.82) is 0 Å². The summed E-state index contributed by atoms with van der Waals surface area (Å²) in [5.74, 6) is 0.828. The van der Waals surface area contributed by atoms with Crippen molar-refractivity contribution >= 4 is 17.3 Å². The molecular weight excluding hydrogens is 304 g/mol. The van der Waals surface area contributed by atoms with Crippen LogP contribution in [-0.2, 0) is 6.42 Å². The molecule has 1 heterocycles. The van der Waals surface area contributed by atoms with E-state index in [0.29, 0.717) is 24.3 Å². The summed E-state index contributed by atoms with van der Waals surface area (Å²) < 4.78 is 5.93. The lowest BCUT2D eigenvalue weighted by Crippen LogP contribution is -2.27. The number of benzene rings is 1. The van der Waals surface area contributed by atoms with E-state index in [9.17, 15) is 10.0 Å². The van der Waals surface area contributed by atoms with E-state index in [1.54, 1.807) is 11.9 Å². The standard InChI is InChI=1S/C19H22N2O3/c1-12-16-14(20-23)10-19(2,3)11-15(16)24-17(12)18(22)21(4)13-8-6-5-7-9-13/h5-9,23H,10-11H2,1-4H3/b20-14-. The van der Waals surface area contributed by atoms with Crippen molar-refractivity contribution in [3.05, 3.63) is 53.0 Å². The van der Waals surface area contributed by atoms with Crippen molar-refractivity contribution in [3.63, 3.8) is 0 Å². The minimum Gasteiger partial charge on any atom is -0.455 e. The smallest absolute Gasteiger partial charge is 0.294 e. The quantitative estimate of drug-likeness (QED) is 0.669. The van der Waals surface area contributed by atoms with Crippen LogP contribution in [0.1, 0.15) is 47.7 Å². The topological polar surface area (TPSA) is 66.0 Å². The number of hydrogen-bond acceptors (Lipinski definition) is 4. The normalized spacial score (nSPS) is 17.6. The number of furan rings is 1. The number of carbonyl (C=O) groups is 1. The minimum absolute atomic E-state index is 0.0650. The fraction of sp³-hybridized carbons (Fsp3) is 0.368. The number of nitrogens with zero attached hydrogens (tertiary/aromatic N) is 2. The third-order valence-electron chi connectivity index (χ3n) is 4.56. The summed E-state index contributed by atoms with van der Waals surface area (Å²) in [5, 5.41) is 12.8. The number of hydrogen-bond donors (Lipinski definition) is 1. The van der Waals surface area contributed by atoms with Crippen molar-refractivity contribution in [2.24, 2.45) is 10.6 Å². The number of oxime groups is 1. The summed E-state index contributed by atoms with van der Waals surface area (Å²) >= 11 is 0. The predicted octanol–water partition coefficient (Wildman–Crippen LogP) is 4.02. The first kappa shape index (κ1) is 16.3. The van der Waals surface area contributed by atoms with E-state index in [0.717, 1.165) is 22.6 Å². The zero-order chi connectivity index (χ0) is 17.5. The first-order valence-electron chi connectivity index (χ1n) is 8.01. The highest BCUT2D eigenvalue weighted by Crippen LogP contribution is 2.39. The molecule has 1 aliphatic rings. The van der Waals surface area contributed by atoms with Gasteiger partial charge in [0, 0.05) is 30.3 Å². The Labute approximate surface area is 141 Å². The molecule has 1 N–H and O–H groups in total. The van der Waals surface area contributed by atoms with Gasteiger partial charge in [-0.2, -0.15) is 0 Å². The second-order valence-electron chi connectivity index (χ2n) is 7.12. The van der Waals surface area contributed by atoms with Gasteiger partial charge in [0.2, 0.25) is 0 Å². The molecule has 5 heteroatoms. The summed E-state index contributed by atoms with van der Waals surface area (Å²) in [6.45, 7) is 6.03. The first-order valence-corrected chi connectivity index (χ1v) is 8.01. The van der Waals surface area contributed by atoms with Crippen LogP contribution in [0.4, 0.5) is 5.69 Å². The molecule has 0 bridgehead atoms. The lowest BCUT2D eigenvalue weighted by molar-refractivity contribution is 0.0962. The van der Waals surface area contributed by atoms with E-state index < -0.39 is 0 Å². The third-order valence-corrected chi connectivity index (χ3v) is 4.56. The summed E-state index contributed by atoms with van der Waals surface area (Å²) in [6, 6.07) is 9.43. The van der Waals surface area contributed by atoms with Gasteiger partial charge in [0.1, 0.15) is 5.76 Å². The Hall–Kier alpha value is -2.56. The number of para-hydroxylation sites is 1. The van der Waals surface area contributed by atoms with Gasteiger partial charge in [-0.15, -0.1) is 0 Å². The van der Waals surface area contributed by atoms with Gasteiger partial charge >= 0.3 is 0 Å². The molecule has 1 aromatic carbocycles. The molecular formula is C19H22N2O3. The Kier molecular flexibility index (Phi) is 3.95. The highest BCUT2D eigenvalue weighted by atomic mass is 16.4. The maximum absolute atomic E-state index is 12.9. The molecule has 126 valence electrons. The monoisotopic (exact) mass is 326 g/mol. The average molecular weight is 326 g/mol. The van der Waals surface area contributed by atoms with Crippen LogP contribution in [-0.4, -0.2) is 23.9 Å².